The number of rotatable bonds is 4. The van der Waals surface area contributed by atoms with Gasteiger partial charge in [0.15, 0.2) is 5.78 Å². The topological polar surface area (TPSA) is 81.7 Å². The fourth-order valence-electron chi connectivity index (χ4n) is 4.05. The lowest BCUT2D eigenvalue weighted by Gasteiger charge is -2.37. The molecule has 0 radical (unpaired) electrons. The number of aryl methyl sites for hydroxylation is 1. The number of allylic oxidation sites excluding steroid dienone is 3. The second-order valence-corrected chi connectivity index (χ2v) is 8.52. The number of Topliss-reactive ketones (excluding diaryl/α,β-unsaturated/α-hetero) is 1. The van der Waals surface area contributed by atoms with E-state index in [-0.39, 0.29) is 18.3 Å². The van der Waals surface area contributed by atoms with E-state index in [4.69, 9.17) is 9.47 Å². The van der Waals surface area contributed by atoms with Crippen LogP contribution in [-0.2, 0) is 23.9 Å². The van der Waals surface area contributed by atoms with Gasteiger partial charge >= 0.3 is 11.9 Å². The predicted octanol–water partition coefficient (Wildman–Crippen LogP) is 3.23. The molecular formula is C21H25NO5S. The molecule has 3 rings (SSSR count). The van der Waals surface area contributed by atoms with Crippen LogP contribution in [0.1, 0.15) is 42.9 Å². The van der Waals surface area contributed by atoms with Crippen molar-refractivity contribution in [2.45, 2.75) is 40.0 Å². The molecule has 0 unspecified atom stereocenters. The maximum Gasteiger partial charge on any atom is 0.336 e. The first kappa shape index (κ1) is 20.3. The number of carbonyl (C=O) groups excluding carboxylic acids is 3. The Morgan fingerprint density at radius 1 is 1.29 bits per heavy atom. The minimum atomic E-state index is -0.865. The minimum absolute atomic E-state index is 0.186. The van der Waals surface area contributed by atoms with E-state index in [2.05, 4.69) is 5.32 Å². The van der Waals surface area contributed by atoms with Gasteiger partial charge in [-0.1, -0.05) is 6.92 Å². The maximum absolute atomic E-state index is 13.4. The van der Waals surface area contributed by atoms with Crippen molar-refractivity contribution in [2.75, 3.05) is 13.7 Å². The van der Waals surface area contributed by atoms with Crippen molar-refractivity contribution in [1.82, 2.24) is 5.32 Å². The normalized spacial score (nSPS) is 24.6. The smallest absolute Gasteiger partial charge is 0.336 e. The van der Waals surface area contributed by atoms with Gasteiger partial charge in [-0.25, -0.2) is 4.79 Å². The molecule has 1 N–H and O–H groups in total. The Morgan fingerprint density at radius 3 is 2.57 bits per heavy atom. The number of carbonyl (C=O) groups is 3. The van der Waals surface area contributed by atoms with Gasteiger partial charge in [0.05, 0.1) is 25.2 Å². The standard InChI is InChI=1S/C21H25NO5S/c1-6-27-21(25)16-12(4)22-13-9-10(2)15(20(24)26-5)19(23)17(13)18(16)14-8-7-11(3)28-14/h7-8,10,15,18,22H,6,9H2,1-5H3/t10-,15+,18+/m0/s1. The van der Waals surface area contributed by atoms with Crippen molar-refractivity contribution in [3.63, 3.8) is 0 Å². The fraction of sp³-hybridized carbons (Fsp3) is 0.476. The number of methoxy groups -OCH3 is 1. The van der Waals surface area contributed by atoms with E-state index in [1.54, 1.807) is 6.92 Å². The summed E-state index contributed by atoms with van der Waals surface area (Å²) in [4.78, 5) is 40.5. The highest BCUT2D eigenvalue weighted by Crippen LogP contribution is 2.46. The summed E-state index contributed by atoms with van der Waals surface area (Å²) in [6, 6.07) is 3.90. The number of nitrogens with one attached hydrogen (secondary N) is 1. The summed E-state index contributed by atoms with van der Waals surface area (Å²) in [5, 5.41) is 3.24. The third-order valence-electron chi connectivity index (χ3n) is 5.28. The van der Waals surface area contributed by atoms with Gasteiger partial charge in [0.1, 0.15) is 5.92 Å². The van der Waals surface area contributed by atoms with Gasteiger partial charge in [-0.2, -0.15) is 0 Å². The molecule has 6 nitrogen and oxygen atoms in total. The van der Waals surface area contributed by atoms with Crippen LogP contribution in [0.2, 0.25) is 0 Å². The van der Waals surface area contributed by atoms with Crippen LogP contribution in [0.3, 0.4) is 0 Å². The number of ketones is 1. The van der Waals surface area contributed by atoms with Crippen LogP contribution in [0.5, 0.6) is 0 Å². The van der Waals surface area contributed by atoms with E-state index in [0.29, 0.717) is 23.3 Å². The van der Waals surface area contributed by atoms with Gasteiger partial charge in [0.25, 0.3) is 0 Å². The van der Waals surface area contributed by atoms with E-state index in [0.717, 1.165) is 15.5 Å². The monoisotopic (exact) mass is 403 g/mol. The van der Waals surface area contributed by atoms with Crippen molar-refractivity contribution in [2.24, 2.45) is 11.8 Å². The Balaban J connectivity index is 2.16. The summed E-state index contributed by atoms with van der Waals surface area (Å²) in [5.41, 5.74) is 2.36. The van der Waals surface area contributed by atoms with Gasteiger partial charge in [-0.05, 0) is 45.2 Å². The van der Waals surface area contributed by atoms with E-state index < -0.39 is 23.8 Å². The van der Waals surface area contributed by atoms with Crippen LogP contribution in [0.15, 0.2) is 34.7 Å². The molecule has 0 saturated carbocycles. The summed E-state index contributed by atoms with van der Waals surface area (Å²) in [6.07, 6.45) is 0.537. The molecule has 150 valence electrons. The zero-order valence-corrected chi connectivity index (χ0v) is 17.6. The van der Waals surface area contributed by atoms with E-state index in [1.807, 2.05) is 32.9 Å². The second-order valence-electron chi connectivity index (χ2n) is 7.20. The molecule has 7 heteroatoms. The molecule has 28 heavy (non-hydrogen) atoms. The highest BCUT2D eigenvalue weighted by Gasteiger charge is 2.47. The van der Waals surface area contributed by atoms with Crippen molar-refractivity contribution in [1.29, 1.82) is 0 Å². The summed E-state index contributed by atoms with van der Waals surface area (Å²) in [5.74, 6) is -2.85. The third kappa shape index (κ3) is 3.39. The van der Waals surface area contributed by atoms with Crippen LogP contribution in [0.4, 0.5) is 0 Å². The van der Waals surface area contributed by atoms with Crippen molar-refractivity contribution in [3.8, 4) is 0 Å². The molecule has 1 aromatic rings. The highest BCUT2D eigenvalue weighted by atomic mass is 32.1. The van der Waals surface area contributed by atoms with E-state index in [1.165, 1.54) is 18.4 Å². The van der Waals surface area contributed by atoms with Crippen molar-refractivity contribution in [3.05, 3.63) is 44.4 Å². The molecule has 0 saturated heterocycles. The summed E-state index contributed by atoms with van der Waals surface area (Å²) in [7, 11) is 1.29. The Morgan fingerprint density at radius 2 is 2.00 bits per heavy atom. The van der Waals surface area contributed by atoms with Crippen molar-refractivity contribution < 1.29 is 23.9 Å². The lowest BCUT2D eigenvalue weighted by atomic mass is 9.70. The first-order chi connectivity index (χ1) is 13.3. The van der Waals surface area contributed by atoms with Crippen LogP contribution in [0, 0.1) is 18.8 Å². The number of esters is 2. The largest absolute Gasteiger partial charge is 0.468 e. The van der Waals surface area contributed by atoms with Crippen molar-refractivity contribution >= 4 is 29.1 Å². The fourth-order valence-corrected chi connectivity index (χ4v) is 5.05. The molecule has 3 atom stereocenters. The van der Waals surface area contributed by atoms with Gasteiger partial charge in [-0.15, -0.1) is 11.3 Å². The molecule has 0 fully saturated rings. The molecule has 0 aromatic carbocycles. The quantitative estimate of drug-likeness (QED) is 0.614. The number of hydrogen-bond donors (Lipinski definition) is 1. The minimum Gasteiger partial charge on any atom is -0.468 e. The summed E-state index contributed by atoms with van der Waals surface area (Å²) in [6.45, 7) is 7.67. The lowest BCUT2D eigenvalue weighted by Crippen LogP contribution is -2.43. The first-order valence-electron chi connectivity index (χ1n) is 9.36. The molecule has 2 aliphatic rings. The van der Waals surface area contributed by atoms with Crippen LogP contribution < -0.4 is 5.32 Å². The van der Waals surface area contributed by atoms with Gasteiger partial charge < -0.3 is 14.8 Å². The molecule has 0 spiro atoms. The Kier molecular flexibility index (Phi) is 5.74. The Bertz CT molecular complexity index is 894. The number of dihydropyridines is 1. The summed E-state index contributed by atoms with van der Waals surface area (Å²) < 4.78 is 10.2. The van der Waals surface area contributed by atoms with Crippen LogP contribution >= 0.6 is 11.3 Å². The highest BCUT2D eigenvalue weighted by molar-refractivity contribution is 7.12. The molecule has 0 amide bonds. The first-order valence-corrected chi connectivity index (χ1v) is 10.2. The molecule has 1 aromatic heterocycles. The molecule has 0 bridgehead atoms. The van der Waals surface area contributed by atoms with Gasteiger partial charge in [0, 0.05) is 26.7 Å². The molecule has 2 heterocycles. The van der Waals surface area contributed by atoms with Crippen LogP contribution in [-0.4, -0.2) is 31.4 Å². The predicted molar refractivity (Wildman–Crippen MR) is 106 cm³/mol. The maximum atomic E-state index is 13.4. The number of thiophene rings is 1. The van der Waals surface area contributed by atoms with Gasteiger partial charge in [-0.3, -0.25) is 9.59 Å². The Labute approximate surface area is 168 Å². The SMILES string of the molecule is CCOC(=O)C1=C(C)NC2=C(C(=O)[C@H](C(=O)OC)[C@@H](C)C2)[C@@H]1c1ccc(C)s1. The zero-order chi connectivity index (χ0) is 20.6. The molecular weight excluding hydrogens is 378 g/mol. The van der Waals surface area contributed by atoms with E-state index >= 15 is 0 Å². The van der Waals surface area contributed by atoms with E-state index in [9.17, 15) is 14.4 Å². The molecule has 1 aliphatic carbocycles. The number of ether oxygens (including phenoxy) is 2. The Hall–Kier alpha value is -2.41. The lowest BCUT2D eigenvalue weighted by molar-refractivity contribution is -0.151. The summed E-state index contributed by atoms with van der Waals surface area (Å²) >= 11 is 1.54. The second kappa shape index (κ2) is 7.91. The number of hydrogen-bond acceptors (Lipinski definition) is 7. The third-order valence-corrected chi connectivity index (χ3v) is 6.35. The van der Waals surface area contributed by atoms with Gasteiger partial charge in [0.2, 0.25) is 0 Å². The average molecular weight is 404 g/mol. The zero-order valence-electron chi connectivity index (χ0n) is 16.8. The van der Waals surface area contributed by atoms with Crippen LogP contribution in [0.25, 0.3) is 0 Å². The molecule has 1 aliphatic heterocycles. The average Bonchev–Trinajstić information content (AvgIpc) is 3.06.